The molecule has 3 rings (SSSR count). The molecule has 2 aliphatic heterocycles. The fourth-order valence-electron chi connectivity index (χ4n) is 4.06. The number of ether oxygens (including phenoxy) is 1. The van der Waals surface area contributed by atoms with Crippen molar-refractivity contribution in [3.63, 3.8) is 0 Å². The van der Waals surface area contributed by atoms with Gasteiger partial charge in [-0.3, -0.25) is 9.59 Å². The molecule has 1 aromatic rings. The number of morpholine rings is 1. The Kier molecular flexibility index (Phi) is 7.64. The predicted octanol–water partition coefficient (Wildman–Crippen LogP) is -1.22. The van der Waals surface area contributed by atoms with Gasteiger partial charge in [-0.25, -0.2) is 0 Å². The van der Waals surface area contributed by atoms with Crippen molar-refractivity contribution in [1.82, 2.24) is 4.90 Å². The average Bonchev–Trinajstić information content (AvgIpc) is 2.74. The second-order valence-corrected chi connectivity index (χ2v) is 8.57. The van der Waals surface area contributed by atoms with Crippen LogP contribution in [0, 0.1) is 0 Å². The first kappa shape index (κ1) is 21.7. The molecular weight excluding hydrogens is 368 g/mol. The van der Waals surface area contributed by atoms with Crippen LogP contribution in [0.1, 0.15) is 32.3 Å². The summed E-state index contributed by atoms with van der Waals surface area (Å²) in [6, 6.07) is 8.01. The van der Waals surface area contributed by atoms with Crippen LogP contribution in [0.25, 0.3) is 0 Å². The lowest BCUT2D eigenvalue weighted by molar-refractivity contribution is -1.01. The Labute approximate surface area is 174 Å². The number of amides is 2. The zero-order valence-corrected chi connectivity index (χ0v) is 18.0. The van der Waals surface area contributed by atoms with Crippen LogP contribution in [-0.4, -0.2) is 81.8 Å². The van der Waals surface area contributed by atoms with Gasteiger partial charge in [0.1, 0.15) is 26.2 Å². The third-order valence-corrected chi connectivity index (χ3v) is 6.21. The Balaban J connectivity index is 1.43. The number of hydrogen-bond donors (Lipinski definition) is 3. The quantitative estimate of drug-likeness (QED) is 0.557. The van der Waals surface area contributed by atoms with E-state index in [0.29, 0.717) is 38.8 Å². The summed E-state index contributed by atoms with van der Waals surface area (Å²) in [6.45, 7) is 13.2. The van der Waals surface area contributed by atoms with E-state index in [4.69, 9.17) is 4.74 Å². The second kappa shape index (κ2) is 10.2. The zero-order valence-electron chi connectivity index (χ0n) is 18.0. The number of quaternary nitrogens is 2. The number of carbonyl (C=O) groups is 2. The molecule has 3 N–H and O–H groups in total. The summed E-state index contributed by atoms with van der Waals surface area (Å²) in [5.41, 5.74) is 2.12. The van der Waals surface area contributed by atoms with Crippen molar-refractivity contribution in [3.05, 3.63) is 29.8 Å². The smallest absolute Gasteiger partial charge is 0.282 e. The van der Waals surface area contributed by atoms with E-state index in [1.165, 1.54) is 15.4 Å². The van der Waals surface area contributed by atoms with Gasteiger partial charge in [-0.05, 0) is 30.5 Å². The topological polar surface area (TPSA) is 67.5 Å². The Bertz CT molecular complexity index is 678. The molecule has 0 spiro atoms. The number of hydrogen-bond acceptors (Lipinski definition) is 3. The minimum atomic E-state index is -0.101. The number of nitrogens with zero attached hydrogens (tertiary/aromatic N) is 1. The van der Waals surface area contributed by atoms with Crippen LogP contribution in [-0.2, 0) is 14.3 Å². The number of anilines is 1. The van der Waals surface area contributed by atoms with Crippen LogP contribution in [0.2, 0.25) is 0 Å². The highest BCUT2D eigenvalue weighted by atomic mass is 16.5. The summed E-state index contributed by atoms with van der Waals surface area (Å²) in [7, 11) is 0. The molecule has 7 heteroatoms. The lowest BCUT2D eigenvalue weighted by atomic mass is 10.0. The van der Waals surface area contributed by atoms with Crippen LogP contribution in [0.5, 0.6) is 0 Å². The lowest BCUT2D eigenvalue weighted by Gasteiger charge is -2.34. The van der Waals surface area contributed by atoms with Crippen molar-refractivity contribution >= 4 is 17.5 Å². The van der Waals surface area contributed by atoms with Crippen LogP contribution >= 0.6 is 0 Å². The van der Waals surface area contributed by atoms with Crippen molar-refractivity contribution in [2.45, 2.75) is 32.7 Å². The molecule has 0 unspecified atom stereocenters. The molecule has 1 atom stereocenters. The summed E-state index contributed by atoms with van der Waals surface area (Å²) in [5, 5.41) is 3.05. The van der Waals surface area contributed by atoms with Gasteiger partial charge in [-0.15, -0.1) is 0 Å². The van der Waals surface area contributed by atoms with E-state index in [9.17, 15) is 9.59 Å². The molecule has 0 bridgehead atoms. The SMILES string of the molecule is CC(C)c1ccc(NC(=O)[C@H](C)[NH+]2CC[NH+](CC(=O)N3CCOCC3)CC2)cc1. The largest absolute Gasteiger partial charge is 0.378 e. The maximum Gasteiger partial charge on any atom is 0.282 e. The van der Waals surface area contributed by atoms with E-state index in [1.54, 1.807) is 0 Å². The van der Waals surface area contributed by atoms with Gasteiger partial charge in [0.25, 0.3) is 11.8 Å². The highest BCUT2D eigenvalue weighted by Gasteiger charge is 2.32. The summed E-state index contributed by atoms with van der Waals surface area (Å²) in [4.78, 5) is 29.7. The number of piperazine rings is 1. The van der Waals surface area contributed by atoms with Crippen LogP contribution in [0.15, 0.2) is 24.3 Å². The van der Waals surface area contributed by atoms with E-state index in [-0.39, 0.29) is 17.9 Å². The number of benzene rings is 1. The van der Waals surface area contributed by atoms with Gasteiger partial charge in [0.15, 0.2) is 12.6 Å². The van der Waals surface area contributed by atoms with E-state index in [0.717, 1.165) is 31.9 Å². The van der Waals surface area contributed by atoms with Gasteiger partial charge < -0.3 is 24.8 Å². The lowest BCUT2D eigenvalue weighted by Crippen LogP contribution is -3.30. The number of carbonyl (C=O) groups excluding carboxylic acids is 2. The van der Waals surface area contributed by atoms with Crippen LogP contribution in [0.3, 0.4) is 0 Å². The Morgan fingerprint density at radius 3 is 2.24 bits per heavy atom. The molecule has 2 amide bonds. The van der Waals surface area contributed by atoms with Crippen molar-refractivity contribution in [1.29, 1.82) is 0 Å². The normalized spacial score (nSPS) is 23.7. The zero-order chi connectivity index (χ0) is 20.8. The second-order valence-electron chi connectivity index (χ2n) is 8.57. The van der Waals surface area contributed by atoms with Crippen molar-refractivity contribution in [2.24, 2.45) is 0 Å². The Morgan fingerprint density at radius 1 is 1.03 bits per heavy atom. The van der Waals surface area contributed by atoms with E-state index < -0.39 is 0 Å². The maximum atomic E-state index is 12.7. The summed E-state index contributed by atoms with van der Waals surface area (Å²) in [6.07, 6.45) is 0. The van der Waals surface area contributed by atoms with Gasteiger partial charge in [-0.1, -0.05) is 26.0 Å². The molecule has 2 aliphatic rings. The van der Waals surface area contributed by atoms with E-state index in [2.05, 4.69) is 31.3 Å². The molecule has 0 aromatic heterocycles. The van der Waals surface area contributed by atoms with Gasteiger partial charge in [0.05, 0.1) is 13.2 Å². The molecule has 7 nitrogen and oxygen atoms in total. The molecule has 2 heterocycles. The third kappa shape index (κ3) is 6.01. The molecule has 2 fully saturated rings. The van der Waals surface area contributed by atoms with Gasteiger partial charge >= 0.3 is 0 Å². The van der Waals surface area contributed by atoms with E-state index in [1.807, 2.05) is 24.0 Å². The molecule has 0 saturated carbocycles. The fraction of sp³-hybridized carbons (Fsp3) is 0.636. The predicted molar refractivity (Wildman–Crippen MR) is 112 cm³/mol. The highest BCUT2D eigenvalue weighted by Crippen LogP contribution is 2.17. The average molecular weight is 405 g/mol. The third-order valence-electron chi connectivity index (χ3n) is 6.21. The molecule has 160 valence electrons. The minimum Gasteiger partial charge on any atom is -0.378 e. The highest BCUT2D eigenvalue weighted by molar-refractivity contribution is 5.93. The molecular formula is C22H36N4O3+2. The fourth-order valence-corrected chi connectivity index (χ4v) is 4.06. The molecule has 29 heavy (non-hydrogen) atoms. The standard InChI is InChI=1S/C22H34N4O3/c1-17(2)19-4-6-20(7-5-19)23-22(28)18(3)25-10-8-24(9-11-25)16-21(27)26-12-14-29-15-13-26/h4-7,17-18H,8-16H2,1-3H3,(H,23,28)/p+2/t18-/m0/s1. The first-order valence-corrected chi connectivity index (χ1v) is 10.9. The van der Waals surface area contributed by atoms with Gasteiger partial charge in [0, 0.05) is 18.8 Å². The van der Waals surface area contributed by atoms with Crippen molar-refractivity contribution in [2.75, 3.05) is 64.3 Å². The monoisotopic (exact) mass is 404 g/mol. The number of rotatable bonds is 6. The van der Waals surface area contributed by atoms with Crippen molar-refractivity contribution < 1.29 is 24.1 Å². The Hall–Kier alpha value is -1.96. The van der Waals surface area contributed by atoms with Crippen LogP contribution in [0.4, 0.5) is 5.69 Å². The summed E-state index contributed by atoms with van der Waals surface area (Å²) >= 11 is 0. The minimum absolute atomic E-state index is 0.0603. The van der Waals surface area contributed by atoms with E-state index >= 15 is 0 Å². The Morgan fingerprint density at radius 2 is 1.66 bits per heavy atom. The van der Waals surface area contributed by atoms with Gasteiger partial charge in [-0.2, -0.15) is 0 Å². The van der Waals surface area contributed by atoms with Crippen molar-refractivity contribution in [3.8, 4) is 0 Å². The maximum absolute atomic E-state index is 12.7. The molecule has 0 aliphatic carbocycles. The first-order valence-electron chi connectivity index (χ1n) is 10.9. The van der Waals surface area contributed by atoms with Gasteiger partial charge in [0.2, 0.25) is 0 Å². The molecule has 0 radical (unpaired) electrons. The summed E-state index contributed by atoms with van der Waals surface area (Å²) in [5.74, 6) is 0.768. The molecule has 1 aromatic carbocycles. The number of nitrogens with one attached hydrogen (secondary N) is 3. The molecule has 2 saturated heterocycles. The summed E-state index contributed by atoms with van der Waals surface area (Å²) < 4.78 is 5.32. The van der Waals surface area contributed by atoms with Crippen LogP contribution < -0.4 is 15.1 Å². The first-order chi connectivity index (χ1) is 13.9.